The Morgan fingerprint density at radius 1 is 1.00 bits per heavy atom. The molecule has 1 heterocycles. The number of carbonyl (C=O) groups is 1. The molecule has 3 rings (SSSR count). The number of nitrogens with zero attached hydrogens (tertiary/aromatic N) is 1. The van der Waals surface area contributed by atoms with Crippen LogP contribution in [0.25, 0.3) is 0 Å². The summed E-state index contributed by atoms with van der Waals surface area (Å²) in [7, 11) is -3.59. The minimum absolute atomic E-state index is 0.112. The number of Topliss-reactive ketones (excluding diaryl/α,β-unsaturated/α-hetero) is 1. The highest BCUT2D eigenvalue weighted by Gasteiger charge is 2.29. The number of hydrogen-bond donors (Lipinski definition) is 0. The summed E-state index contributed by atoms with van der Waals surface area (Å²) in [5.74, 6) is -0.112. The van der Waals surface area contributed by atoms with Gasteiger partial charge in [-0.2, -0.15) is 4.31 Å². The summed E-state index contributed by atoms with van der Waals surface area (Å²) in [6.45, 7) is 2.42. The number of aryl methyl sites for hydroxylation is 1. The van der Waals surface area contributed by atoms with Gasteiger partial charge in [-0.1, -0.05) is 54.1 Å². The molecule has 0 radical (unpaired) electrons. The number of hydrogen-bond acceptors (Lipinski definition) is 3. The van der Waals surface area contributed by atoms with Crippen LogP contribution in [0.5, 0.6) is 0 Å². The molecule has 5 heteroatoms. The third-order valence-corrected chi connectivity index (χ3v) is 5.96. The van der Waals surface area contributed by atoms with E-state index in [1.165, 1.54) is 4.31 Å². The van der Waals surface area contributed by atoms with Gasteiger partial charge in [0.1, 0.15) is 0 Å². The van der Waals surface area contributed by atoms with Crippen LogP contribution in [0.4, 0.5) is 0 Å². The second-order valence-electron chi connectivity index (χ2n) is 5.86. The lowest BCUT2D eigenvalue weighted by molar-refractivity contribution is 0.102. The van der Waals surface area contributed by atoms with Gasteiger partial charge in [0.25, 0.3) is 0 Å². The molecule has 0 fully saturated rings. The van der Waals surface area contributed by atoms with Gasteiger partial charge in [0, 0.05) is 24.2 Å². The van der Waals surface area contributed by atoms with E-state index in [1.54, 1.807) is 48.5 Å². The summed E-state index contributed by atoms with van der Waals surface area (Å²) in [5.41, 5.74) is 2.12. The summed E-state index contributed by atoms with van der Waals surface area (Å²) in [4.78, 5) is 12.8. The molecule has 0 atom stereocenters. The van der Waals surface area contributed by atoms with Crippen molar-refractivity contribution in [3.05, 3.63) is 77.4 Å². The van der Waals surface area contributed by atoms with E-state index in [4.69, 9.17) is 0 Å². The van der Waals surface area contributed by atoms with Crippen molar-refractivity contribution in [2.45, 2.75) is 18.2 Å². The van der Waals surface area contributed by atoms with Crippen molar-refractivity contribution >= 4 is 15.8 Å². The zero-order valence-corrected chi connectivity index (χ0v) is 14.3. The molecular weight excluding hydrogens is 322 g/mol. The third kappa shape index (κ3) is 3.32. The number of ketones is 1. The predicted molar refractivity (Wildman–Crippen MR) is 93.4 cm³/mol. The minimum atomic E-state index is -3.59. The Hall–Kier alpha value is -2.24. The Balaban J connectivity index is 1.83. The van der Waals surface area contributed by atoms with Crippen molar-refractivity contribution in [2.24, 2.45) is 0 Å². The van der Waals surface area contributed by atoms with Crippen molar-refractivity contribution in [1.82, 2.24) is 4.31 Å². The Kier molecular flexibility index (Phi) is 4.64. The molecule has 1 aliphatic rings. The lowest BCUT2D eigenvalue weighted by Crippen LogP contribution is -2.37. The highest BCUT2D eigenvalue weighted by atomic mass is 32.2. The number of rotatable bonds is 4. The van der Waals surface area contributed by atoms with Crippen LogP contribution < -0.4 is 0 Å². The molecule has 4 nitrogen and oxygen atoms in total. The maximum atomic E-state index is 12.8. The highest BCUT2D eigenvalue weighted by molar-refractivity contribution is 7.89. The van der Waals surface area contributed by atoms with Gasteiger partial charge in [0.05, 0.1) is 4.90 Å². The molecule has 0 amide bonds. The Morgan fingerprint density at radius 2 is 1.67 bits per heavy atom. The van der Waals surface area contributed by atoms with E-state index in [0.29, 0.717) is 24.1 Å². The van der Waals surface area contributed by atoms with Gasteiger partial charge in [-0.05, 0) is 25.5 Å². The van der Waals surface area contributed by atoms with E-state index < -0.39 is 10.0 Å². The van der Waals surface area contributed by atoms with Crippen LogP contribution in [0.1, 0.15) is 22.3 Å². The molecule has 0 saturated heterocycles. The molecule has 0 aromatic heterocycles. The molecule has 1 aliphatic heterocycles. The minimum Gasteiger partial charge on any atom is -0.289 e. The van der Waals surface area contributed by atoms with Gasteiger partial charge in [-0.15, -0.1) is 0 Å². The largest absolute Gasteiger partial charge is 0.289 e. The van der Waals surface area contributed by atoms with Gasteiger partial charge >= 0.3 is 0 Å². The predicted octanol–water partition coefficient (Wildman–Crippen LogP) is 3.20. The molecular formula is C19H19NO3S. The fourth-order valence-electron chi connectivity index (χ4n) is 2.72. The van der Waals surface area contributed by atoms with E-state index in [2.05, 4.69) is 0 Å². The van der Waals surface area contributed by atoms with Gasteiger partial charge in [0.15, 0.2) is 5.78 Å². The van der Waals surface area contributed by atoms with Gasteiger partial charge in [-0.25, -0.2) is 8.42 Å². The molecule has 0 bridgehead atoms. The van der Waals surface area contributed by atoms with Crippen molar-refractivity contribution < 1.29 is 13.2 Å². The maximum absolute atomic E-state index is 12.8. The maximum Gasteiger partial charge on any atom is 0.243 e. The van der Waals surface area contributed by atoms with E-state index in [1.807, 2.05) is 19.1 Å². The fraction of sp³-hybridized carbons (Fsp3) is 0.211. The quantitative estimate of drug-likeness (QED) is 0.803. The van der Waals surface area contributed by atoms with Crippen LogP contribution in [0.3, 0.4) is 0 Å². The summed E-state index contributed by atoms with van der Waals surface area (Å²) in [6.07, 6.45) is 2.38. The Labute approximate surface area is 142 Å². The molecule has 0 N–H and O–H groups in total. The lowest BCUT2D eigenvalue weighted by Gasteiger charge is -2.26. The average molecular weight is 341 g/mol. The third-order valence-electron chi connectivity index (χ3n) is 4.10. The molecule has 24 heavy (non-hydrogen) atoms. The van der Waals surface area contributed by atoms with Crippen molar-refractivity contribution in [3.8, 4) is 0 Å². The van der Waals surface area contributed by atoms with E-state index >= 15 is 0 Å². The van der Waals surface area contributed by atoms with Crippen LogP contribution in [-0.4, -0.2) is 31.6 Å². The first-order valence-electron chi connectivity index (χ1n) is 7.84. The molecule has 0 aliphatic carbocycles. The van der Waals surface area contributed by atoms with Crippen LogP contribution in [0.15, 0.2) is 71.1 Å². The van der Waals surface area contributed by atoms with Gasteiger partial charge in [-0.3, -0.25) is 4.79 Å². The van der Waals surface area contributed by atoms with Gasteiger partial charge < -0.3 is 0 Å². The van der Waals surface area contributed by atoms with E-state index in [-0.39, 0.29) is 17.2 Å². The second kappa shape index (κ2) is 6.71. The molecule has 2 aromatic carbocycles. The smallest absolute Gasteiger partial charge is 0.243 e. The van der Waals surface area contributed by atoms with E-state index in [9.17, 15) is 13.2 Å². The zero-order valence-electron chi connectivity index (χ0n) is 13.5. The standard InChI is InChI=1S/C19H19NO3S/c1-15-9-11-18(12-10-15)24(22,23)20-13-5-8-17(14-20)19(21)16-6-3-2-4-7-16/h2-4,6-12H,5,13-14H2,1H3. The zero-order chi connectivity index (χ0) is 17.2. The SMILES string of the molecule is Cc1ccc(S(=O)(=O)N2CCC=C(C(=O)c3ccccc3)C2)cc1. The van der Waals surface area contributed by atoms with Crippen molar-refractivity contribution in [3.63, 3.8) is 0 Å². The number of carbonyl (C=O) groups excluding carboxylic acids is 1. The normalized spacial score (nSPS) is 15.8. The highest BCUT2D eigenvalue weighted by Crippen LogP contribution is 2.22. The summed E-state index contributed by atoms with van der Waals surface area (Å²) >= 11 is 0. The monoisotopic (exact) mass is 341 g/mol. The fourth-order valence-corrected chi connectivity index (χ4v) is 4.15. The second-order valence-corrected chi connectivity index (χ2v) is 7.80. The molecule has 124 valence electrons. The van der Waals surface area contributed by atoms with Gasteiger partial charge in [0.2, 0.25) is 10.0 Å². The van der Waals surface area contributed by atoms with Crippen LogP contribution in [0.2, 0.25) is 0 Å². The van der Waals surface area contributed by atoms with E-state index in [0.717, 1.165) is 5.56 Å². The molecule has 0 unspecified atom stereocenters. The van der Waals surface area contributed by atoms with Crippen LogP contribution >= 0.6 is 0 Å². The Morgan fingerprint density at radius 3 is 2.33 bits per heavy atom. The molecule has 0 saturated carbocycles. The van der Waals surface area contributed by atoms with Crippen molar-refractivity contribution in [2.75, 3.05) is 13.1 Å². The molecule has 0 spiro atoms. The Bertz CT molecular complexity index is 869. The van der Waals surface area contributed by atoms with Crippen LogP contribution in [0, 0.1) is 6.92 Å². The lowest BCUT2D eigenvalue weighted by atomic mass is 10.0. The first kappa shape index (κ1) is 16.6. The first-order valence-corrected chi connectivity index (χ1v) is 9.28. The van der Waals surface area contributed by atoms with Crippen LogP contribution in [-0.2, 0) is 10.0 Å². The topological polar surface area (TPSA) is 54.5 Å². The average Bonchev–Trinajstić information content (AvgIpc) is 2.62. The number of sulfonamides is 1. The first-order chi connectivity index (χ1) is 11.5. The summed E-state index contributed by atoms with van der Waals surface area (Å²) in [6, 6.07) is 15.7. The molecule has 2 aromatic rings. The summed E-state index contributed by atoms with van der Waals surface area (Å²) in [5, 5.41) is 0. The summed E-state index contributed by atoms with van der Waals surface area (Å²) < 4.78 is 27.0. The number of benzene rings is 2. The van der Waals surface area contributed by atoms with Crippen molar-refractivity contribution in [1.29, 1.82) is 0 Å².